The minimum Gasteiger partial charge on any atom is -0.490 e. The smallest absolute Gasteiger partial charge is 0.338 e. The predicted octanol–water partition coefficient (Wildman–Crippen LogP) is 7.87. The van der Waals surface area contributed by atoms with Crippen molar-refractivity contribution in [2.24, 2.45) is 4.99 Å². The lowest BCUT2D eigenvalue weighted by atomic mass is 9.93. The molecule has 0 N–H and O–H groups in total. The van der Waals surface area contributed by atoms with Crippen LogP contribution in [0.1, 0.15) is 42.1 Å². The van der Waals surface area contributed by atoms with E-state index >= 15 is 0 Å². The molecule has 0 radical (unpaired) electrons. The molecule has 1 aliphatic heterocycles. The Balaban J connectivity index is 1.49. The Morgan fingerprint density at radius 2 is 1.58 bits per heavy atom. The molecule has 7 nitrogen and oxygen atoms in total. The molecule has 5 aromatic rings. The van der Waals surface area contributed by atoms with Crippen LogP contribution >= 0.6 is 46.1 Å². The van der Waals surface area contributed by atoms with Crippen LogP contribution in [0.4, 0.5) is 0 Å². The number of nitrogens with zero attached hydrogens (tertiary/aromatic N) is 2. The number of esters is 1. The molecule has 0 unspecified atom stereocenters. The van der Waals surface area contributed by atoms with E-state index in [1.807, 2.05) is 49.4 Å². The van der Waals surface area contributed by atoms with Crippen LogP contribution in [0.2, 0.25) is 15.1 Å². The van der Waals surface area contributed by atoms with Gasteiger partial charge in [-0.3, -0.25) is 9.36 Å². The van der Waals surface area contributed by atoms with E-state index in [9.17, 15) is 9.59 Å². The third-order valence-electron chi connectivity index (χ3n) is 7.49. The fourth-order valence-corrected chi connectivity index (χ4v) is 6.89. The van der Waals surface area contributed by atoms with Crippen molar-refractivity contribution in [1.29, 1.82) is 0 Å². The highest BCUT2D eigenvalue weighted by Gasteiger charge is 2.35. The topological polar surface area (TPSA) is 79.1 Å². The fourth-order valence-electron chi connectivity index (χ4n) is 5.36. The number of hydrogen-bond donors (Lipinski definition) is 0. The summed E-state index contributed by atoms with van der Waals surface area (Å²) in [6.45, 7) is 4.39. The van der Waals surface area contributed by atoms with Gasteiger partial charge in [-0.05, 0) is 73.0 Å². The quantitative estimate of drug-likeness (QED) is 0.137. The van der Waals surface area contributed by atoms with Crippen LogP contribution in [-0.4, -0.2) is 23.8 Å². The summed E-state index contributed by atoms with van der Waals surface area (Å²) < 4.78 is 19.4. The first-order valence-corrected chi connectivity index (χ1v) is 17.1. The van der Waals surface area contributed by atoms with Gasteiger partial charge in [-0.2, -0.15) is 0 Å². The van der Waals surface area contributed by atoms with Crippen molar-refractivity contribution in [2.75, 3.05) is 13.2 Å². The van der Waals surface area contributed by atoms with Gasteiger partial charge in [0, 0.05) is 15.6 Å². The number of benzene rings is 4. The van der Waals surface area contributed by atoms with Crippen molar-refractivity contribution >= 4 is 63.9 Å². The maximum Gasteiger partial charge on any atom is 0.338 e. The van der Waals surface area contributed by atoms with Crippen LogP contribution in [0.25, 0.3) is 11.8 Å². The molecule has 0 bridgehead atoms. The molecule has 0 saturated carbocycles. The Bertz CT molecular complexity index is 2180. The molecule has 4 aromatic carbocycles. The second kappa shape index (κ2) is 14.8. The largest absolute Gasteiger partial charge is 0.490 e. The van der Waals surface area contributed by atoms with Gasteiger partial charge in [0.1, 0.15) is 6.61 Å². The number of hydrogen-bond acceptors (Lipinski definition) is 7. The molecule has 0 amide bonds. The van der Waals surface area contributed by atoms with Gasteiger partial charge < -0.3 is 14.2 Å². The Hall–Kier alpha value is -4.34. The van der Waals surface area contributed by atoms with Gasteiger partial charge in [-0.1, -0.05) is 101 Å². The normalized spacial score (nSPS) is 14.4. The van der Waals surface area contributed by atoms with Crippen LogP contribution in [0.5, 0.6) is 11.5 Å². The van der Waals surface area contributed by atoms with E-state index in [1.165, 1.54) is 15.9 Å². The van der Waals surface area contributed by atoms with E-state index in [0.717, 1.165) is 11.1 Å². The van der Waals surface area contributed by atoms with Gasteiger partial charge in [0.25, 0.3) is 5.56 Å². The summed E-state index contributed by atoms with van der Waals surface area (Å²) in [5.74, 6) is 0.269. The summed E-state index contributed by atoms with van der Waals surface area (Å²) in [6, 6.07) is 26.4. The predicted molar refractivity (Wildman–Crippen MR) is 191 cm³/mol. The summed E-state index contributed by atoms with van der Waals surface area (Å²) in [7, 11) is 0. The van der Waals surface area contributed by atoms with Crippen LogP contribution < -0.4 is 24.4 Å². The Kier molecular flexibility index (Phi) is 10.4. The second-order valence-electron chi connectivity index (χ2n) is 10.7. The maximum absolute atomic E-state index is 14.3. The summed E-state index contributed by atoms with van der Waals surface area (Å²) in [5.41, 5.74) is 3.31. The third-order valence-corrected chi connectivity index (χ3v) is 9.25. The Morgan fingerprint density at radius 1 is 0.896 bits per heavy atom. The van der Waals surface area contributed by atoms with Crippen molar-refractivity contribution in [1.82, 2.24) is 4.57 Å². The Labute approximate surface area is 295 Å². The number of rotatable bonds is 10. The lowest BCUT2D eigenvalue weighted by Gasteiger charge is -2.25. The first kappa shape index (κ1) is 33.6. The highest BCUT2D eigenvalue weighted by molar-refractivity contribution is 7.07. The van der Waals surface area contributed by atoms with E-state index in [0.29, 0.717) is 59.3 Å². The molecule has 0 spiro atoms. The molecule has 1 aliphatic rings. The van der Waals surface area contributed by atoms with E-state index in [1.54, 1.807) is 61.5 Å². The van der Waals surface area contributed by atoms with Gasteiger partial charge in [-0.25, -0.2) is 9.79 Å². The lowest BCUT2D eigenvalue weighted by molar-refractivity contribution is -0.138. The van der Waals surface area contributed by atoms with Gasteiger partial charge in [0.05, 0.1) is 40.1 Å². The number of thiazole rings is 1. The molecular weight excluding hydrogens is 691 g/mol. The monoisotopic (exact) mass is 718 g/mol. The molecular formula is C37H29Cl3N2O5S. The minimum absolute atomic E-state index is 0.157. The average molecular weight is 720 g/mol. The zero-order valence-corrected chi connectivity index (χ0v) is 29.0. The second-order valence-corrected chi connectivity index (χ2v) is 13.0. The highest BCUT2D eigenvalue weighted by Crippen LogP contribution is 2.38. The fraction of sp³-hybridized carbons (Fsp3) is 0.162. The van der Waals surface area contributed by atoms with Gasteiger partial charge >= 0.3 is 5.97 Å². The molecule has 1 atom stereocenters. The minimum atomic E-state index is -0.818. The van der Waals surface area contributed by atoms with Crippen molar-refractivity contribution in [3.8, 4) is 11.5 Å². The van der Waals surface area contributed by atoms with Crippen molar-refractivity contribution in [3.63, 3.8) is 0 Å². The highest BCUT2D eigenvalue weighted by atomic mass is 35.5. The number of aromatic nitrogens is 1. The van der Waals surface area contributed by atoms with Gasteiger partial charge in [0.15, 0.2) is 16.3 Å². The molecule has 11 heteroatoms. The number of carbonyl (C=O) groups is 1. The third kappa shape index (κ3) is 7.08. The van der Waals surface area contributed by atoms with Crippen molar-refractivity contribution < 1.29 is 19.0 Å². The number of fused-ring (bicyclic) bond motifs is 1. The van der Waals surface area contributed by atoms with E-state index in [4.69, 9.17) is 54.0 Å². The number of carbonyl (C=O) groups excluding carboxylic acids is 1. The Morgan fingerprint density at radius 3 is 2.25 bits per heavy atom. The molecule has 0 aliphatic carbocycles. The summed E-state index contributed by atoms with van der Waals surface area (Å²) in [4.78, 5) is 33.2. The first-order chi connectivity index (χ1) is 23.3. The van der Waals surface area contributed by atoms with Crippen LogP contribution in [0, 0.1) is 0 Å². The number of halogens is 3. The van der Waals surface area contributed by atoms with Gasteiger partial charge in [0.2, 0.25) is 0 Å². The summed E-state index contributed by atoms with van der Waals surface area (Å²) in [6.07, 6.45) is 1.73. The van der Waals surface area contributed by atoms with Crippen molar-refractivity contribution in [3.05, 3.63) is 154 Å². The molecule has 6 rings (SSSR count). The average Bonchev–Trinajstić information content (AvgIpc) is 3.39. The van der Waals surface area contributed by atoms with E-state index in [-0.39, 0.29) is 24.3 Å². The van der Waals surface area contributed by atoms with Crippen LogP contribution in [0.3, 0.4) is 0 Å². The van der Waals surface area contributed by atoms with E-state index in [2.05, 4.69) is 0 Å². The molecule has 0 fully saturated rings. The molecule has 244 valence electrons. The number of ether oxygens (including phenoxy) is 3. The van der Waals surface area contributed by atoms with Crippen LogP contribution in [-0.2, 0) is 16.1 Å². The molecule has 0 saturated heterocycles. The zero-order valence-electron chi connectivity index (χ0n) is 25.9. The molecule has 2 heterocycles. The zero-order chi connectivity index (χ0) is 33.8. The molecule has 1 aromatic heterocycles. The molecule has 48 heavy (non-hydrogen) atoms. The summed E-state index contributed by atoms with van der Waals surface area (Å²) in [5, 5.41) is 1.48. The van der Waals surface area contributed by atoms with Gasteiger partial charge in [-0.15, -0.1) is 0 Å². The standard InChI is InChI=1S/C37H29Cl3N2O5S/c1-3-45-29-19-23(18-28(40)34(29)47-21-22-10-14-26(38)15-11-22)20-30-35(43)42-33(25-12-16-27(39)17-13-25)31(36(44)46-4-2)32(41-37(42)48-30)24-8-6-5-7-9-24/h5-20,33H,3-4,21H2,1-2H3/b30-20-/t33-/m0/s1. The SMILES string of the molecule is CCOC(=O)C1=C(c2ccccc2)N=c2s/c(=C\c3cc(Cl)c(OCc4ccc(Cl)cc4)c(OCC)c3)c(=O)n2[C@H]1c1ccc(Cl)cc1. The van der Waals surface area contributed by atoms with Crippen molar-refractivity contribution in [2.45, 2.75) is 26.5 Å². The summed E-state index contributed by atoms with van der Waals surface area (Å²) >= 11 is 20.2. The lowest BCUT2D eigenvalue weighted by Crippen LogP contribution is -2.40. The first-order valence-electron chi connectivity index (χ1n) is 15.1. The maximum atomic E-state index is 14.3. The van der Waals surface area contributed by atoms with E-state index < -0.39 is 12.0 Å². The van der Waals surface area contributed by atoms with Crippen LogP contribution in [0.15, 0.2) is 106 Å².